The van der Waals surface area contributed by atoms with Crippen molar-refractivity contribution in [3.05, 3.63) is 83.7 Å². The lowest BCUT2D eigenvalue weighted by atomic mass is 9.94. The van der Waals surface area contributed by atoms with Crippen LogP contribution in [0.2, 0.25) is 0 Å². The fourth-order valence-corrected chi connectivity index (χ4v) is 5.40. The molecular weight excluding hydrogens is 530 g/mol. The normalized spacial score (nSPS) is 18.0. The third-order valence-corrected chi connectivity index (χ3v) is 7.52. The summed E-state index contributed by atoms with van der Waals surface area (Å²) in [5, 5.41) is 15.1. The number of likely N-dealkylation sites (tertiary alicyclic amines) is 1. The van der Waals surface area contributed by atoms with Gasteiger partial charge >= 0.3 is 6.03 Å². The first kappa shape index (κ1) is 28.4. The van der Waals surface area contributed by atoms with Crippen LogP contribution in [0.5, 0.6) is 0 Å². The maximum absolute atomic E-state index is 14.2. The van der Waals surface area contributed by atoms with Gasteiger partial charge in [-0.25, -0.2) is 18.3 Å². The van der Waals surface area contributed by atoms with Crippen LogP contribution in [-0.2, 0) is 11.8 Å². The number of para-hydroxylation sites is 1. The molecule has 1 fully saturated rings. The smallest absolute Gasteiger partial charge is 0.320 e. The minimum absolute atomic E-state index is 0.0912. The monoisotopic (exact) mass is 564 g/mol. The maximum atomic E-state index is 14.2. The second-order valence-electron chi connectivity index (χ2n) is 10.3. The standard InChI is InChI=1S/C29H34F2N8O2/c1-18-27(20-13-33-37(2)14-20)36-39(21-7-5-4-6-8-21)28(18)35-29(40)34-26-16-38(22(12-32)17-41-3)15-23(26)19-9-10-24(30)25(31)11-19/h4-11,13-14,22-23,26H,12,15-17,32H2,1-3H3,(H2,34,35,40)/t22?,23-,26+/m0/s1. The Morgan fingerprint density at radius 3 is 2.61 bits per heavy atom. The van der Waals surface area contributed by atoms with Crippen LogP contribution in [0.1, 0.15) is 17.0 Å². The first-order valence-corrected chi connectivity index (χ1v) is 13.4. The van der Waals surface area contributed by atoms with Crippen LogP contribution in [0.15, 0.2) is 60.9 Å². The van der Waals surface area contributed by atoms with Crippen LogP contribution < -0.4 is 16.4 Å². The number of amides is 2. The summed E-state index contributed by atoms with van der Waals surface area (Å²) in [6.45, 7) is 3.60. The molecule has 0 bridgehead atoms. The molecule has 1 unspecified atom stereocenters. The van der Waals surface area contributed by atoms with Gasteiger partial charge in [0.15, 0.2) is 11.6 Å². The zero-order chi connectivity index (χ0) is 29.1. The second kappa shape index (κ2) is 12.2. The fourth-order valence-electron chi connectivity index (χ4n) is 5.40. The molecule has 3 heterocycles. The number of anilines is 1. The number of nitrogens with one attached hydrogen (secondary N) is 2. The maximum Gasteiger partial charge on any atom is 0.320 e. The van der Waals surface area contributed by atoms with Crippen LogP contribution in [0.4, 0.5) is 19.4 Å². The molecule has 216 valence electrons. The topological polar surface area (TPSA) is 115 Å². The molecule has 0 aliphatic carbocycles. The van der Waals surface area contributed by atoms with Crippen LogP contribution in [0.3, 0.4) is 0 Å². The number of methoxy groups -OCH3 is 1. The second-order valence-corrected chi connectivity index (χ2v) is 10.3. The third-order valence-electron chi connectivity index (χ3n) is 7.52. The zero-order valence-electron chi connectivity index (χ0n) is 23.2. The van der Waals surface area contributed by atoms with Gasteiger partial charge in [-0.1, -0.05) is 24.3 Å². The summed E-state index contributed by atoms with van der Waals surface area (Å²) in [5.74, 6) is -1.64. The first-order chi connectivity index (χ1) is 19.8. The van der Waals surface area contributed by atoms with Crippen LogP contribution >= 0.6 is 0 Å². The van der Waals surface area contributed by atoms with Gasteiger partial charge in [0.05, 0.1) is 24.5 Å². The molecule has 0 saturated carbocycles. The van der Waals surface area contributed by atoms with Crippen molar-refractivity contribution in [1.82, 2.24) is 29.8 Å². The van der Waals surface area contributed by atoms with E-state index in [1.807, 2.05) is 50.5 Å². The lowest BCUT2D eigenvalue weighted by Crippen LogP contribution is -2.45. The number of benzene rings is 2. The van der Waals surface area contributed by atoms with Crippen molar-refractivity contribution in [2.24, 2.45) is 12.8 Å². The number of urea groups is 1. The molecule has 0 spiro atoms. The van der Waals surface area contributed by atoms with Crippen LogP contribution in [0, 0.1) is 18.6 Å². The van der Waals surface area contributed by atoms with Crippen molar-refractivity contribution < 1.29 is 18.3 Å². The summed E-state index contributed by atoms with van der Waals surface area (Å²) < 4.78 is 36.6. The largest absolute Gasteiger partial charge is 0.383 e. The fraction of sp³-hybridized carbons (Fsp3) is 0.345. The van der Waals surface area contributed by atoms with Gasteiger partial charge in [-0.05, 0) is 36.8 Å². The summed E-state index contributed by atoms with van der Waals surface area (Å²) in [7, 11) is 3.43. The van der Waals surface area contributed by atoms with Crippen molar-refractivity contribution in [2.75, 3.05) is 38.7 Å². The number of nitrogens with zero attached hydrogens (tertiary/aromatic N) is 5. The van der Waals surface area contributed by atoms with Gasteiger partial charge in [0.25, 0.3) is 0 Å². The highest BCUT2D eigenvalue weighted by molar-refractivity contribution is 5.91. The van der Waals surface area contributed by atoms with E-state index in [-0.39, 0.29) is 12.0 Å². The minimum Gasteiger partial charge on any atom is -0.383 e. The van der Waals surface area contributed by atoms with Crippen molar-refractivity contribution in [3.8, 4) is 16.9 Å². The average Bonchev–Trinajstić information content (AvgIpc) is 3.67. The van der Waals surface area contributed by atoms with Crippen molar-refractivity contribution in [2.45, 2.75) is 24.9 Å². The molecule has 2 amide bonds. The summed E-state index contributed by atoms with van der Waals surface area (Å²) in [5.41, 5.74) is 9.65. The third kappa shape index (κ3) is 5.99. The molecule has 1 aliphatic heterocycles. The van der Waals surface area contributed by atoms with Gasteiger partial charge in [0, 0.05) is 63.1 Å². The highest BCUT2D eigenvalue weighted by Crippen LogP contribution is 2.32. The molecule has 41 heavy (non-hydrogen) atoms. The number of aryl methyl sites for hydroxylation is 1. The SMILES string of the molecule is COCC(CN)N1C[C@@H](NC(=O)Nc2c(C)c(-c3cnn(C)c3)nn2-c2ccccc2)[C@H](c2ccc(F)c(F)c2)C1. The van der Waals surface area contributed by atoms with Crippen molar-refractivity contribution in [1.29, 1.82) is 0 Å². The Morgan fingerprint density at radius 1 is 1.17 bits per heavy atom. The number of ether oxygens (including phenoxy) is 1. The Labute approximate surface area is 237 Å². The number of carbonyl (C=O) groups is 1. The molecule has 2 aromatic carbocycles. The number of hydrogen-bond donors (Lipinski definition) is 3. The van der Waals surface area contributed by atoms with Gasteiger partial charge in [0.2, 0.25) is 0 Å². The highest BCUT2D eigenvalue weighted by Gasteiger charge is 2.38. The molecule has 1 saturated heterocycles. The Kier molecular flexibility index (Phi) is 8.43. The van der Waals surface area contributed by atoms with E-state index in [2.05, 4.69) is 20.6 Å². The molecule has 5 rings (SSSR count). The Morgan fingerprint density at radius 2 is 1.95 bits per heavy atom. The lowest BCUT2D eigenvalue weighted by molar-refractivity contribution is 0.107. The number of rotatable bonds is 9. The number of halogens is 2. The van der Waals surface area contributed by atoms with Crippen LogP contribution in [0.25, 0.3) is 16.9 Å². The molecule has 3 atom stereocenters. The van der Waals surface area contributed by atoms with Gasteiger partial charge in [-0.15, -0.1) is 0 Å². The van der Waals surface area contributed by atoms with E-state index in [1.165, 1.54) is 6.07 Å². The van der Waals surface area contributed by atoms with Crippen molar-refractivity contribution >= 4 is 11.8 Å². The minimum atomic E-state index is -0.929. The van der Waals surface area contributed by atoms with Gasteiger partial charge in [-0.2, -0.15) is 10.2 Å². The number of nitrogens with two attached hydrogens (primary N) is 1. The molecule has 4 aromatic rings. The molecular formula is C29H34F2N8O2. The van der Waals surface area contributed by atoms with Gasteiger partial charge in [0.1, 0.15) is 11.5 Å². The van der Waals surface area contributed by atoms with Crippen molar-refractivity contribution in [3.63, 3.8) is 0 Å². The number of hydrogen-bond acceptors (Lipinski definition) is 6. The Balaban J connectivity index is 1.44. The van der Waals surface area contributed by atoms with E-state index in [4.69, 9.17) is 15.6 Å². The average molecular weight is 565 g/mol. The van der Waals surface area contributed by atoms with Crippen LogP contribution in [-0.4, -0.2) is 75.9 Å². The Hall–Kier alpha value is -4.13. The molecule has 0 radical (unpaired) electrons. The van der Waals surface area contributed by atoms with E-state index < -0.39 is 23.7 Å². The highest BCUT2D eigenvalue weighted by atomic mass is 19.2. The number of carbonyl (C=O) groups excluding carboxylic acids is 1. The Bertz CT molecular complexity index is 1510. The van der Waals surface area contributed by atoms with E-state index in [0.717, 1.165) is 22.9 Å². The van der Waals surface area contributed by atoms with E-state index in [1.54, 1.807) is 28.7 Å². The number of aromatic nitrogens is 4. The predicted octanol–water partition coefficient (Wildman–Crippen LogP) is 3.42. The summed E-state index contributed by atoms with van der Waals surface area (Å²) in [4.78, 5) is 15.7. The quantitative estimate of drug-likeness (QED) is 0.287. The van der Waals surface area contributed by atoms with E-state index in [0.29, 0.717) is 43.3 Å². The molecule has 12 heteroatoms. The molecule has 2 aromatic heterocycles. The van der Waals surface area contributed by atoms with E-state index >= 15 is 0 Å². The first-order valence-electron chi connectivity index (χ1n) is 13.4. The summed E-state index contributed by atoms with van der Waals surface area (Å²) in [6, 6.07) is 12.4. The zero-order valence-corrected chi connectivity index (χ0v) is 23.2. The predicted molar refractivity (Wildman–Crippen MR) is 152 cm³/mol. The van der Waals surface area contributed by atoms with Gasteiger partial charge in [-0.3, -0.25) is 14.9 Å². The van der Waals surface area contributed by atoms with E-state index in [9.17, 15) is 13.6 Å². The summed E-state index contributed by atoms with van der Waals surface area (Å²) >= 11 is 0. The molecule has 4 N–H and O–H groups in total. The lowest BCUT2D eigenvalue weighted by Gasteiger charge is -2.26. The molecule has 10 nitrogen and oxygen atoms in total. The summed E-state index contributed by atoms with van der Waals surface area (Å²) in [6.07, 6.45) is 3.59. The molecule has 1 aliphatic rings. The van der Waals surface area contributed by atoms with Gasteiger partial charge < -0.3 is 15.8 Å².